The van der Waals surface area contributed by atoms with Crippen molar-refractivity contribution >= 4 is 85.2 Å². The van der Waals surface area contributed by atoms with Crippen LogP contribution in [0.15, 0.2) is 46.9 Å². The summed E-state index contributed by atoms with van der Waals surface area (Å²) in [4.78, 5) is 45.5. The molecule has 1 N–H and O–H groups in total. The molecule has 0 saturated carbocycles. The van der Waals surface area contributed by atoms with Gasteiger partial charge < -0.3 is 9.80 Å². The number of thiocarbonyl (C=S) groups is 1. The zero-order valence-electron chi connectivity index (χ0n) is 19.3. The molecule has 0 radical (unpaired) electrons. The first-order valence-electron chi connectivity index (χ1n) is 10.8. The predicted molar refractivity (Wildman–Crippen MR) is 148 cm³/mol. The van der Waals surface area contributed by atoms with Crippen LogP contribution >= 0.6 is 46.6 Å². The van der Waals surface area contributed by atoms with Crippen LogP contribution in [-0.2, 0) is 24.5 Å². The number of alkyl halides is 1. The Balaban J connectivity index is 1.67. The molecule has 192 valence electrons. The van der Waals surface area contributed by atoms with Crippen LogP contribution < -0.4 is 4.90 Å². The molecule has 0 spiro atoms. The number of rotatable bonds is 7. The van der Waals surface area contributed by atoms with Crippen LogP contribution in [0.3, 0.4) is 0 Å². The molecule has 1 fully saturated rings. The van der Waals surface area contributed by atoms with E-state index in [-0.39, 0.29) is 33.2 Å². The van der Waals surface area contributed by atoms with Crippen LogP contribution in [0, 0.1) is 0 Å². The van der Waals surface area contributed by atoms with Crippen molar-refractivity contribution in [3.05, 3.63) is 47.6 Å². The number of hydrogen-bond donors (Lipinski definition) is 1. The van der Waals surface area contributed by atoms with Crippen molar-refractivity contribution in [2.24, 2.45) is 0 Å². The maximum atomic E-state index is 13.2. The molecule has 14 heteroatoms. The Morgan fingerprint density at radius 3 is 2.50 bits per heavy atom. The van der Waals surface area contributed by atoms with Gasteiger partial charge in [-0.05, 0) is 42.4 Å². The van der Waals surface area contributed by atoms with E-state index >= 15 is 0 Å². The molecule has 1 aromatic rings. The number of halogens is 1. The summed E-state index contributed by atoms with van der Waals surface area (Å²) in [6.45, 7) is 0.330. The molecule has 4 rings (SSSR count). The van der Waals surface area contributed by atoms with Crippen molar-refractivity contribution in [3.63, 3.8) is 0 Å². The Hall–Kier alpha value is -2.01. The highest BCUT2D eigenvalue weighted by Gasteiger charge is 2.43. The SMILES string of the molecule is CN1C(=O)C(=CC=CC2c3ccc4c(c3)SC(N4CCCS(=O)(=O)O)N2C(=O)CI)C(=O)N(C)C1=S. The molecule has 2 unspecified atom stereocenters. The zero-order chi connectivity index (χ0) is 26.4. The molecule has 3 bridgehead atoms. The lowest BCUT2D eigenvalue weighted by molar-refractivity contribution is -0.133. The summed E-state index contributed by atoms with van der Waals surface area (Å²) in [6, 6.07) is 5.36. The van der Waals surface area contributed by atoms with E-state index in [0.29, 0.717) is 6.54 Å². The Morgan fingerprint density at radius 2 is 1.89 bits per heavy atom. The number of anilines is 1. The van der Waals surface area contributed by atoms with E-state index in [2.05, 4.69) is 0 Å². The molecule has 10 nitrogen and oxygen atoms in total. The molecule has 36 heavy (non-hydrogen) atoms. The van der Waals surface area contributed by atoms with Gasteiger partial charge >= 0.3 is 0 Å². The first-order chi connectivity index (χ1) is 16.9. The van der Waals surface area contributed by atoms with E-state index in [1.165, 1.54) is 41.7 Å². The number of amides is 3. The van der Waals surface area contributed by atoms with Crippen LogP contribution in [0.5, 0.6) is 0 Å². The lowest BCUT2D eigenvalue weighted by atomic mass is 10.0. The van der Waals surface area contributed by atoms with Crippen molar-refractivity contribution in [1.29, 1.82) is 0 Å². The van der Waals surface area contributed by atoms with Gasteiger partial charge in [0, 0.05) is 25.5 Å². The number of carbonyl (C=O) groups excluding carboxylic acids is 3. The van der Waals surface area contributed by atoms with Gasteiger partial charge in [-0.15, -0.1) is 0 Å². The summed E-state index contributed by atoms with van der Waals surface area (Å²) >= 11 is 8.63. The Morgan fingerprint density at radius 1 is 1.22 bits per heavy atom. The minimum atomic E-state index is -4.10. The molecule has 3 aliphatic heterocycles. The number of allylic oxidation sites excluding steroid dienone is 2. The van der Waals surface area contributed by atoms with E-state index in [4.69, 9.17) is 16.8 Å². The minimum absolute atomic E-state index is 0.0360. The number of fused-ring (bicyclic) bond motifs is 2. The summed E-state index contributed by atoms with van der Waals surface area (Å²) < 4.78 is 31.8. The fraction of sp³-hybridized carbons (Fsp3) is 0.364. The van der Waals surface area contributed by atoms with Gasteiger partial charge in [0.25, 0.3) is 21.9 Å². The normalized spacial score (nSPS) is 21.8. The lowest BCUT2D eigenvalue weighted by Crippen LogP contribution is -2.52. The molecule has 3 amide bonds. The standard InChI is InChI=1S/C22H23IN4O6S3/c1-24-19(29)14(20(30)25(2)21(24)34)5-3-6-15-13-7-8-16-17(11-13)35-22(27(15)18(28)12-23)26(16)9-4-10-36(31,32)33/h3,5-8,11,15,22H,4,9-10,12H2,1-2H3,(H,31,32,33). The second-order valence-corrected chi connectivity index (χ2v) is 12.2. The molecule has 3 heterocycles. The number of carbonyl (C=O) groups is 3. The first-order valence-corrected chi connectivity index (χ1v) is 15.2. The Labute approximate surface area is 232 Å². The third kappa shape index (κ3) is 5.05. The topological polar surface area (TPSA) is 119 Å². The molecule has 2 atom stereocenters. The molecule has 1 aromatic carbocycles. The van der Waals surface area contributed by atoms with Crippen LogP contribution in [0.1, 0.15) is 18.0 Å². The maximum absolute atomic E-state index is 13.2. The first kappa shape index (κ1) is 27.0. The largest absolute Gasteiger partial charge is 0.341 e. The molecular weight excluding hydrogens is 639 g/mol. The molecule has 3 aliphatic rings. The Kier molecular flexibility index (Phi) is 7.81. The lowest BCUT2D eigenvalue weighted by Gasteiger charge is -2.40. The monoisotopic (exact) mass is 662 g/mol. The highest BCUT2D eigenvalue weighted by molar-refractivity contribution is 14.1. The summed E-state index contributed by atoms with van der Waals surface area (Å²) in [5.74, 6) is -1.49. The van der Waals surface area contributed by atoms with Crippen LogP contribution in [0.2, 0.25) is 0 Å². The highest BCUT2D eigenvalue weighted by Crippen LogP contribution is 2.51. The fourth-order valence-corrected chi connectivity index (χ4v) is 6.80. The third-order valence-corrected chi connectivity index (χ3v) is 9.35. The van der Waals surface area contributed by atoms with E-state index in [0.717, 1.165) is 16.1 Å². The molecule has 0 aliphatic carbocycles. The van der Waals surface area contributed by atoms with Crippen molar-refractivity contribution in [1.82, 2.24) is 14.7 Å². The van der Waals surface area contributed by atoms with Gasteiger partial charge in [-0.25, -0.2) is 0 Å². The average molecular weight is 663 g/mol. The number of thioether (sulfide) groups is 1. The number of likely N-dealkylation sites (N-methyl/N-ethyl adjacent to an activating group) is 2. The van der Waals surface area contributed by atoms with Gasteiger partial charge in [0.05, 0.1) is 21.9 Å². The molecule has 0 aromatic heterocycles. The van der Waals surface area contributed by atoms with Gasteiger partial charge in [-0.1, -0.05) is 52.6 Å². The third-order valence-electron chi connectivity index (χ3n) is 6.08. The van der Waals surface area contributed by atoms with Crippen molar-refractivity contribution in [3.8, 4) is 0 Å². The van der Waals surface area contributed by atoms with E-state index in [1.54, 1.807) is 17.1 Å². The molecular formula is C22H23IN4O6S3. The summed E-state index contributed by atoms with van der Waals surface area (Å²) in [5.41, 5.74) is 1.34. The average Bonchev–Trinajstić information content (AvgIpc) is 3.12. The highest BCUT2D eigenvalue weighted by atomic mass is 127. The zero-order valence-corrected chi connectivity index (χ0v) is 23.9. The molecule has 1 saturated heterocycles. The van der Waals surface area contributed by atoms with Gasteiger partial charge in [-0.3, -0.25) is 28.7 Å². The van der Waals surface area contributed by atoms with Gasteiger partial charge in [0.2, 0.25) is 5.91 Å². The number of hydrogen-bond acceptors (Lipinski definition) is 8. The van der Waals surface area contributed by atoms with Gasteiger partial charge in [0.1, 0.15) is 5.57 Å². The van der Waals surface area contributed by atoms with Gasteiger partial charge in [0.15, 0.2) is 10.6 Å². The fourth-order valence-electron chi connectivity index (χ4n) is 4.30. The van der Waals surface area contributed by atoms with Gasteiger partial charge in [-0.2, -0.15) is 8.42 Å². The maximum Gasteiger partial charge on any atom is 0.265 e. The number of nitrogens with zero attached hydrogens (tertiary/aromatic N) is 4. The summed E-state index contributed by atoms with van der Waals surface area (Å²) in [5, 5.41) is 0.123. The van der Waals surface area contributed by atoms with E-state index in [1.807, 2.05) is 45.7 Å². The quantitative estimate of drug-likeness (QED) is 0.117. The predicted octanol–water partition coefficient (Wildman–Crippen LogP) is 2.18. The van der Waals surface area contributed by atoms with Crippen molar-refractivity contribution in [2.45, 2.75) is 22.9 Å². The van der Waals surface area contributed by atoms with E-state index < -0.39 is 33.5 Å². The summed E-state index contributed by atoms with van der Waals surface area (Å²) in [7, 11) is -1.09. The van der Waals surface area contributed by atoms with Crippen LogP contribution in [0.25, 0.3) is 0 Å². The second kappa shape index (κ2) is 10.4. The van der Waals surface area contributed by atoms with Crippen molar-refractivity contribution < 1.29 is 27.4 Å². The number of benzene rings is 1. The van der Waals surface area contributed by atoms with Crippen molar-refractivity contribution in [2.75, 3.05) is 35.7 Å². The summed E-state index contributed by atoms with van der Waals surface area (Å²) in [6.07, 6.45) is 5.00. The van der Waals surface area contributed by atoms with E-state index in [9.17, 15) is 22.8 Å². The van der Waals surface area contributed by atoms with Crippen LogP contribution in [0.4, 0.5) is 5.69 Å². The van der Waals surface area contributed by atoms with Crippen LogP contribution in [-0.4, -0.2) is 86.8 Å². The minimum Gasteiger partial charge on any atom is -0.341 e. The Bertz CT molecular complexity index is 1290. The second-order valence-electron chi connectivity index (χ2n) is 8.36. The smallest absolute Gasteiger partial charge is 0.265 e.